The monoisotopic (exact) mass is 251 g/mol. The Morgan fingerprint density at radius 1 is 1.35 bits per heavy atom. The first-order chi connectivity index (χ1) is 8.13. The highest BCUT2D eigenvalue weighted by atomic mass is 35.5. The van der Waals surface area contributed by atoms with Gasteiger partial charge in [-0.05, 0) is 50.3 Å². The molecule has 1 saturated heterocycles. The quantitative estimate of drug-likeness (QED) is 0.750. The van der Waals surface area contributed by atoms with Gasteiger partial charge in [0.2, 0.25) is 0 Å². The van der Waals surface area contributed by atoms with Crippen molar-refractivity contribution in [3.63, 3.8) is 0 Å². The lowest BCUT2D eigenvalue weighted by Crippen LogP contribution is -2.40. The van der Waals surface area contributed by atoms with E-state index in [1.165, 1.54) is 5.56 Å². The standard InChI is InChI=1S/C14H18ClNO/c1-10-7-11(2)14(15)13(8-10)16-6-4-3-5-12(16)9-17/h7-9,12H,3-6H2,1-2H3. The zero-order valence-electron chi connectivity index (χ0n) is 10.4. The van der Waals surface area contributed by atoms with E-state index in [9.17, 15) is 4.79 Å². The van der Waals surface area contributed by atoms with Crippen LogP contribution in [0.1, 0.15) is 30.4 Å². The molecule has 0 aliphatic carbocycles. The number of benzene rings is 1. The van der Waals surface area contributed by atoms with Gasteiger partial charge in [-0.3, -0.25) is 0 Å². The number of anilines is 1. The van der Waals surface area contributed by atoms with Crippen LogP contribution in [-0.2, 0) is 4.79 Å². The molecule has 1 aliphatic heterocycles. The van der Waals surface area contributed by atoms with Crippen LogP contribution < -0.4 is 4.90 Å². The second kappa shape index (κ2) is 5.09. The third-order valence-corrected chi connectivity index (χ3v) is 3.89. The predicted molar refractivity (Wildman–Crippen MR) is 72.0 cm³/mol. The molecule has 17 heavy (non-hydrogen) atoms. The van der Waals surface area contributed by atoms with Gasteiger partial charge in [0.05, 0.1) is 16.8 Å². The van der Waals surface area contributed by atoms with Gasteiger partial charge in [0.15, 0.2) is 0 Å². The molecule has 0 spiro atoms. The first-order valence-electron chi connectivity index (χ1n) is 6.12. The van der Waals surface area contributed by atoms with Crippen LogP contribution in [0.5, 0.6) is 0 Å². The Bertz CT molecular complexity index is 430. The molecule has 2 nitrogen and oxygen atoms in total. The maximum Gasteiger partial charge on any atom is 0.142 e. The Labute approximate surface area is 108 Å². The Morgan fingerprint density at radius 2 is 2.12 bits per heavy atom. The third kappa shape index (κ3) is 2.47. The van der Waals surface area contributed by atoms with Crippen LogP contribution in [0.4, 0.5) is 5.69 Å². The summed E-state index contributed by atoms with van der Waals surface area (Å²) in [7, 11) is 0. The smallest absolute Gasteiger partial charge is 0.142 e. The molecule has 3 heteroatoms. The van der Waals surface area contributed by atoms with Crippen LogP contribution in [0.25, 0.3) is 0 Å². The number of piperidine rings is 1. The number of rotatable bonds is 2. The Morgan fingerprint density at radius 3 is 2.82 bits per heavy atom. The van der Waals surface area contributed by atoms with Crippen molar-refractivity contribution >= 4 is 23.6 Å². The third-order valence-electron chi connectivity index (χ3n) is 3.40. The van der Waals surface area contributed by atoms with Gasteiger partial charge in [0.1, 0.15) is 6.29 Å². The first kappa shape index (κ1) is 12.4. The van der Waals surface area contributed by atoms with Crippen LogP contribution in [-0.4, -0.2) is 18.9 Å². The largest absolute Gasteiger partial charge is 0.361 e. The number of nitrogens with zero attached hydrogens (tertiary/aromatic N) is 1. The molecular weight excluding hydrogens is 234 g/mol. The minimum absolute atomic E-state index is 0.0116. The molecule has 1 aliphatic rings. The van der Waals surface area contributed by atoms with Crippen LogP contribution in [0.2, 0.25) is 5.02 Å². The van der Waals surface area contributed by atoms with Gasteiger partial charge in [0.25, 0.3) is 0 Å². The summed E-state index contributed by atoms with van der Waals surface area (Å²) in [5.74, 6) is 0. The van der Waals surface area contributed by atoms with Crippen molar-refractivity contribution in [2.45, 2.75) is 39.2 Å². The summed E-state index contributed by atoms with van der Waals surface area (Å²) in [5, 5.41) is 0.782. The van der Waals surface area contributed by atoms with Crippen molar-refractivity contribution in [1.82, 2.24) is 0 Å². The Hall–Kier alpha value is -1.02. The van der Waals surface area contributed by atoms with Crippen LogP contribution >= 0.6 is 11.6 Å². The van der Waals surface area contributed by atoms with E-state index in [1.54, 1.807) is 0 Å². The molecule has 1 heterocycles. The van der Waals surface area contributed by atoms with Crippen LogP contribution in [0.15, 0.2) is 12.1 Å². The van der Waals surface area contributed by atoms with Crippen LogP contribution in [0, 0.1) is 13.8 Å². The van der Waals surface area contributed by atoms with Crippen molar-refractivity contribution in [2.75, 3.05) is 11.4 Å². The van der Waals surface area contributed by atoms with Crippen molar-refractivity contribution in [3.8, 4) is 0 Å². The van der Waals surface area contributed by atoms with Crippen molar-refractivity contribution in [1.29, 1.82) is 0 Å². The highest BCUT2D eigenvalue weighted by Crippen LogP contribution is 2.33. The number of aldehydes is 1. The van der Waals surface area contributed by atoms with E-state index in [2.05, 4.69) is 24.0 Å². The maximum atomic E-state index is 11.1. The molecular formula is C14H18ClNO. The Kier molecular flexibility index (Phi) is 3.72. The van der Waals surface area contributed by atoms with Gasteiger partial charge in [-0.2, -0.15) is 0 Å². The zero-order valence-corrected chi connectivity index (χ0v) is 11.1. The summed E-state index contributed by atoms with van der Waals surface area (Å²) in [6, 6.07) is 4.14. The molecule has 1 unspecified atom stereocenters. The predicted octanol–water partition coefficient (Wildman–Crippen LogP) is 3.51. The molecule has 0 amide bonds. The van der Waals surface area contributed by atoms with E-state index in [-0.39, 0.29) is 6.04 Å². The van der Waals surface area contributed by atoms with Crippen molar-refractivity contribution in [2.24, 2.45) is 0 Å². The fraction of sp³-hybridized carbons (Fsp3) is 0.500. The SMILES string of the molecule is Cc1cc(C)c(Cl)c(N2CCCCC2C=O)c1. The van der Waals surface area contributed by atoms with Crippen molar-refractivity contribution in [3.05, 3.63) is 28.3 Å². The average molecular weight is 252 g/mol. The molecule has 1 atom stereocenters. The molecule has 1 aromatic rings. The molecule has 92 valence electrons. The topological polar surface area (TPSA) is 20.3 Å². The highest BCUT2D eigenvalue weighted by molar-refractivity contribution is 6.34. The number of hydrogen-bond donors (Lipinski definition) is 0. The van der Waals surface area contributed by atoms with Gasteiger partial charge >= 0.3 is 0 Å². The maximum absolute atomic E-state index is 11.1. The van der Waals surface area contributed by atoms with E-state index >= 15 is 0 Å². The number of carbonyl (C=O) groups excluding carboxylic acids is 1. The van der Waals surface area contributed by atoms with Gasteiger partial charge in [-0.25, -0.2) is 0 Å². The second-order valence-electron chi connectivity index (χ2n) is 4.81. The molecule has 0 radical (unpaired) electrons. The van der Waals surface area contributed by atoms with E-state index in [0.717, 1.165) is 48.4 Å². The van der Waals surface area contributed by atoms with E-state index in [0.29, 0.717) is 0 Å². The molecule has 0 aromatic heterocycles. The lowest BCUT2D eigenvalue weighted by molar-refractivity contribution is -0.109. The molecule has 1 fully saturated rings. The second-order valence-corrected chi connectivity index (χ2v) is 5.19. The molecule has 2 rings (SSSR count). The summed E-state index contributed by atoms with van der Waals surface area (Å²) in [5.41, 5.74) is 3.29. The van der Waals surface area contributed by atoms with Crippen molar-refractivity contribution < 1.29 is 4.79 Å². The zero-order chi connectivity index (χ0) is 12.4. The number of halogens is 1. The van der Waals surface area contributed by atoms with Gasteiger partial charge in [-0.1, -0.05) is 17.7 Å². The van der Waals surface area contributed by atoms with Gasteiger partial charge in [-0.15, -0.1) is 0 Å². The average Bonchev–Trinajstić information content (AvgIpc) is 2.33. The van der Waals surface area contributed by atoms with E-state index < -0.39 is 0 Å². The number of hydrogen-bond acceptors (Lipinski definition) is 2. The van der Waals surface area contributed by atoms with E-state index in [4.69, 9.17) is 11.6 Å². The fourth-order valence-corrected chi connectivity index (χ4v) is 2.75. The lowest BCUT2D eigenvalue weighted by atomic mass is 10.0. The molecule has 0 N–H and O–H groups in total. The normalized spacial score (nSPS) is 20.4. The summed E-state index contributed by atoms with van der Waals surface area (Å²) in [6.07, 6.45) is 4.25. The fourth-order valence-electron chi connectivity index (χ4n) is 2.53. The lowest BCUT2D eigenvalue weighted by Gasteiger charge is -2.35. The first-order valence-corrected chi connectivity index (χ1v) is 6.50. The molecule has 0 saturated carbocycles. The molecule has 1 aromatic carbocycles. The van der Waals surface area contributed by atoms with Gasteiger partial charge in [0, 0.05) is 6.54 Å². The summed E-state index contributed by atoms with van der Waals surface area (Å²) < 4.78 is 0. The number of carbonyl (C=O) groups is 1. The number of aryl methyl sites for hydroxylation is 2. The summed E-state index contributed by atoms with van der Waals surface area (Å²) in [4.78, 5) is 13.3. The van der Waals surface area contributed by atoms with E-state index in [1.807, 2.05) is 6.92 Å². The molecule has 0 bridgehead atoms. The Balaban J connectivity index is 2.40. The summed E-state index contributed by atoms with van der Waals surface area (Å²) >= 11 is 6.36. The van der Waals surface area contributed by atoms with Crippen LogP contribution in [0.3, 0.4) is 0 Å². The minimum atomic E-state index is -0.0116. The minimum Gasteiger partial charge on any atom is -0.361 e. The van der Waals surface area contributed by atoms with Gasteiger partial charge < -0.3 is 9.69 Å². The summed E-state index contributed by atoms with van der Waals surface area (Å²) in [6.45, 7) is 5.00. The highest BCUT2D eigenvalue weighted by Gasteiger charge is 2.24.